The molecule has 5 nitrogen and oxygen atoms in total. The molecule has 0 unspecified atom stereocenters. The summed E-state index contributed by atoms with van der Waals surface area (Å²) in [6.45, 7) is 1.63. The number of fused-ring (bicyclic) bond motifs is 2. The fourth-order valence-electron chi connectivity index (χ4n) is 2.93. The molecule has 138 valence electrons. The predicted molar refractivity (Wildman–Crippen MR) is 113 cm³/mol. The molecule has 0 radical (unpaired) electrons. The number of aromatic nitrogens is 2. The van der Waals surface area contributed by atoms with Gasteiger partial charge in [0.2, 0.25) is 0 Å². The second-order valence-corrected chi connectivity index (χ2v) is 8.76. The van der Waals surface area contributed by atoms with Crippen LogP contribution in [0.3, 0.4) is 0 Å². The van der Waals surface area contributed by atoms with Crippen LogP contribution in [-0.4, -0.2) is 43.1 Å². The lowest BCUT2D eigenvalue weighted by Crippen LogP contribution is -3.05. The second kappa shape index (κ2) is 7.72. The number of carbonyl (C=O) groups is 1. The van der Waals surface area contributed by atoms with Crippen molar-refractivity contribution in [3.05, 3.63) is 53.5 Å². The maximum absolute atomic E-state index is 13.3. The van der Waals surface area contributed by atoms with Crippen molar-refractivity contribution in [2.45, 2.75) is 6.42 Å². The molecule has 0 saturated carbocycles. The Labute approximate surface area is 165 Å². The number of quaternary nitrogens is 1. The van der Waals surface area contributed by atoms with E-state index < -0.39 is 0 Å². The Balaban J connectivity index is 1.68. The van der Waals surface area contributed by atoms with Crippen LogP contribution < -0.4 is 9.80 Å². The van der Waals surface area contributed by atoms with Gasteiger partial charge in [0.05, 0.1) is 41.1 Å². The van der Waals surface area contributed by atoms with Crippen molar-refractivity contribution >= 4 is 54.1 Å². The van der Waals surface area contributed by atoms with E-state index in [0.29, 0.717) is 11.6 Å². The third-order valence-electron chi connectivity index (χ3n) is 4.29. The number of benzene rings is 2. The molecule has 4 aromatic rings. The van der Waals surface area contributed by atoms with Crippen LogP contribution >= 0.6 is 22.7 Å². The molecule has 0 fully saturated rings. The lowest BCUT2D eigenvalue weighted by atomic mass is 10.3. The highest BCUT2D eigenvalue weighted by Gasteiger charge is 2.24. The molecule has 2 aromatic heterocycles. The van der Waals surface area contributed by atoms with E-state index in [0.717, 1.165) is 38.5 Å². The van der Waals surface area contributed by atoms with Crippen molar-refractivity contribution in [3.63, 3.8) is 0 Å². The number of hydrogen-bond acceptors (Lipinski definition) is 5. The van der Waals surface area contributed by atoms with Crippen LogP contribution in [0.1, 0.15) is 16.2 Å². The minimum atomic E-state index is -0.0657. The number of thiazole rings is 2. The fourth-order valence-corrected chi connectivity index (χ4v) is 4.83. The van der Waals surface area contributed by atoms with E-state index in [4.69, 9.17) is 4.98 Å². The monoisotopic (exact) mass is 397 g/mol. The lowest BCUT2D eigenvalue weighted by Gasteiger charge is -2.19. The topological polar surface area (TPSA) is 50.5 Å². The number of nitrogens with zero attached hydrogens (tertiary/aromatic N) is 3. The Hall–Kier alpha value is -2.35. The predicted octanol–water partition coefficient (Wildman–Crippen LogP) is 3.09. The lowest BCUT2D eigenvalue weighted by molar-refractivity contribution is -0.858. The molecule has 0 spiro atoms. The largest absolute Gasteiger partial charge is 0.340 e. The van der Waals surface area contributed by atoms with E-state index in [1.807, 2.05) is 48.5 Å². The summed E-state index contributed by atoms with van der Waals surface area (Å²) in [6, 6.07) is 15.9. The second-order valence-electron chi connectivity index (χ2n) is 6.72. The molecule has 1 amide bonds. The molecule has 7 heteroatoms. The standard InChI is InChI=1S/C20H20N4OS2/c1-23(2)12-7-13-24(20-22-15-9-4-6-11-17(15)27-20)19(25)18-21-14-8-3-5-10-16(14)26-18/h3-6,8-11H,7,12-13H2,1-2H3/p+1. The first-order valence-electron chi connectivity index (χ1n) is 8.94. The molecule has 4 rings (SSSR count). The SMILES string of the molecule is C[NH+](C)CCCN(C(=O)c1nc2ccccc2s1)c1nc2ccccc2s1. The van der Waals surface area contributed by atoms with Gasteiger partial charge < -0.3 is 4.90 Å². The van der Waals surface area contributed by atoms with Gasteiger partial charge in [0.1, 0.15) is 0 Å². The van der Waals surface area contributed by atoms with Gasteiger partial charge in [-0.05, 0) is 24.3 Å². The minimum absolute atomic E-state index is 0.0657. The van der Waals surface area contributed by atoms with Gasteiger partial charge >= 0.3 is 0 Å². The van der Waals surface area contributed by atoms with E-state index in [1.165, 1.54) is 16.2 Å². The summed E-state index contributed by atoms with van der Waals surface area (Å²) in [6.07, 6.45) is 0.912. The number of nitrogens with one attached hydrogen (secondary N) is 1. The van der Waals surface area contributed by atoms with Crippen molar-refractivity contribution in [3.8, 4) is 0 Å². The van der Waals surface area contributed by atoms with Crippen molar-refractivity contribution in [2.75, 3.05) is 32.1 Å². The number of anilines is 1. The van der Waals surface area contributed by atoms with E-state index in [-0.39, 0.29) is 5.91 Å². The van der Waals surface area contributed by atoms with Gasteiger partial charge in [-0.1, -0.05) is 35.6 Å². The summed E-state index contributed by atoms with van der Waals surface area (Å²) in [7, 11) is 4.24. The smallest absolute Gasteiger partial charge is 0.289 e. The quantitative estimate of drug-likeness (QED) is 0.544. The summed E-state index contributed by atoms with van der Waals surface area (Å²) in [5.74, 6) is -0.0657. The average molecular weight is 398 g/mol. The van der Waals surface area contributed by atoms with Gasteiger partial charge in [-0.3, -0.25) is 9.69 Å². The maximum Gasteiger partial charge on any atom is 0.289 e. The summed E-state index contributed by atoms with van der Waals surface area (Å²) >= 11 is 3.00. The number of para-hydroxylation sites is 2. The summed E-state index contributed by atoms with van der Waals surface area (Å²) in [5, 5.41) is 1.27. The number of hydrogen-bond donors (Lipinski definition) is 1. The van der Waals surface area contributed by atoms with Crippen LogP contribution in [0.2, 0.25) is 0 Å². The first-order valence-corrected chi connectivity index (χ1v) is 10.6. The van der Waals surface area contributed by atoms with Crippen molar-refractivity contribution in [1.82, 2.24) is 9.97 Å². The summed E-state index contributed by atoms with van der Waals surface area (Å²) < 4.78 is 2.12. The first-order chi connectivity index (χ1) is 13.1. The van der Waals surface area contributed by atoms with Crippen molar-refractivity contribution < 1.29 is 9.69 Å². The Morgan fingerprint density at radius 2 is 1.59 bits per heavy atom. The summed E-state index contributed by atoms with van der Waals surface area (Å²) in [5.41, 5.74) is 1.80. The van der Waals surface area contributed by atoms with Gasteiger partial charge in [0.25, 0.3) is 5.91 Å². The zero-order valence-electron chi connectivity index (χ0n) is 15.3. The van der Waals surface area contributed by atoms with E-state index in [2.05, 4.69) is 19.1 Å². The summed E-state index contributed by atoms with van der Waals surface area (Å²) in [4.78, 5) is 25.7. The molecule has 1 N–H and O–H groups in total. The molecule has 0 aliphatic rings. The van der Waals surface area contributed by atoms with E-state index >= 15 is 0 Å². The molecule has 2 heterocycles. The molecule has 2 aromatic carbocycles. The van der Waals surface area contributed by atoms with Gasteiger partial charge in [-0.15, -0.1) is 11.3 Å². The van der Waals surface area contributed by atoms with Crippen LogP contribution in [0.4, 0.5) is 5.13 Å². The molecule has 0 saturated heterocycles. The Morgan fingerprint density at radius 1 is 0.963 bits per heavy atom. The van der Waals surface area contributed by atoms with E-state index in [9.17, 15) is 4.79 Å². The zero-order valence-corrected chi connectivity index (χ0v) is 16.9. The minimum Gasteiger partial charge on any atom is -0.340 e. The van der Waals surface area contributed by atoms with Crippen molar-refractivity contribution in [1.29, 1.82) is 0 Å². The normalized spacial score (nSPS) is 11.5. The van der Waals surface area contributed by atoms with E-state index in [1.54, 1.807) is 16.2 Å². The highest BCUT2D eigenvalue weighted by Crippen LogP contribution is 2.31. The van der Waals surface area contributed by atoms with Gasteiger partial charge in [-0.25, -0.2) is 9.97 Å². The highest BCUT2D eigenvalue weighted by molar-refractivity contribution is 7.22. The molecular formula is C20H21N4OS2+. The molecule has 0 bridgehead atoms. The maximum atomic E-state index is 13.3. The molecular weight excluding hydrogens is 376 g/mol. The zero-order chi connectivity index (χ0) is 18.8. The molecule has 0 aliphatic carbocycles. The highest BCUT2D eigenvalue weighted by atomic mass is 32.1. The Kier molecular flexibility index (Phi) is 5.15. The first kappa shape index (κ1) is 18.0. The van der Waals surface area contributed by atoms with Crippen LogP contribution in [0.15, 0.2) is 48.5 Å². The third-order valence-corrected chi connectivity index (χ3v) is 6.38. The Morgan fingerprint density at radius 3 is 2.22 bits per heavy atom. The number of rotatable bonds is 6. The van der Waals surface area contributed by atoms with Gasteiger partial charge in [0.15, 0.2) is 10.1 Å². The van der Waals surface area contributed by atoms with Crippen LogP contribution in [0, 0.1) is 0 Å². The average Bonchev–Trinajstić information content (AvgIpc) is 3.28. The van der Waals surface area contributed by atoms with Gasteiger partial charge in [-0.2, -0.15) is 0 Å². The van der Waals surface area contributed by atoms with Gasteiger partial charge in [0, 0.05) is 13.0 Å². The van der Waals surface area contributed by atoms with Crippen molar-refractivity contribution in [2.24, 2.45) is 0 Å². The van der Waals surface area contributed by atoms with Crippen LogP contribution in [-0.2, 0) is 0 Å². The Bertz CT molecular complexity index is 1020. The molecule has 0 atom stereocenters. The molecule has 0 aliphatic heterocycles. The number of amides is 1. The fraction of sp³-hybridized carbons (Fsp3) is 0.250. The molecule has 27 heavy (non-hydrogen) atoms. The van der Waals surface area contributed by atoms with Crippen LogP contribution in [0.5, 0.6) is 0 Å². The number of carbonyl (C=O) groups excluding carboxylic acids is 1. The van der Waals surface area contributed by atoms with Crippen LogP contribution in [0.25, 0.3) is 20.4 Å². The third kappa shape index (κ3) is 3.85.